The van der Waals surface area contributed by atoms with E-state index in [1.807, 2.05) is 60.7 Å². The molecule has 10 heteroatoms. The van der Waals surface area contributed by atoms with E-state index in [0.29, 0.717) is 42.8 Å². The average molecular weight is 490 g/mol. The lowest BCUT2D eigenvalue weighted by Crippen LogP contribution is -2.66. The van der Waals surface area contributed by atoms with Crippen LogP contribution in [0.1, 0.15) is 33.9 Å². The summed E-state index contributed by atoms with van der Waals surface area (Å²) in [6.07, 6.45) is 2.34. The Bertz CT molecular complexity index is 1500. The van der Waals surface area contributed by atoms with Gasteiger partial charge in [0.1, 0.15) is 0 Å². The minimum Gasteiger partial charge on any atom is -0.386 e. The minimum absolute atomic E-state index is 0.0933. The topological polar surface area (TPSA) is 15.9 Å². The molecule has 36 heavy (non-hydrogen) atoms. The fraction of sp³-hybridized carbons (Fsp3) is 0.154. The van der Waals surface area contributed by atoms with Gasteiger partial charge in [-0.3, -0.25) is 0 Å². The number of benzene rings is 2. The Morgan fingerprint density at radius 2 is 0.889 bits per heavy atom. The lowest BCUT2D eigenvalue weighted by atomic mass is 9.88. The highest BCUT2D eigenvalue weighted by Crippen LogP contribution is 2.40. The Balaban J connectivity index is 1.64. The van der Waals surface area contributed by atoms with Gasteiger partial charge in [-0.1, -0.05) is 60.7 Å². The number of nitrogens with zero attached hydrogens (tertiary/aromatic N) is 4. The second-order valence-corrected chi connectivity index (χ2v) is 9.61. The van der Waals surface area contributed by atoms with E-state index < -0.39 is 13.9 Å². The smallest absolute Gasteiger partial charge is 0.386 e. The van der Waals surface area contributed by atoms with Gasteiger partial charge >= 0.3 is 13.9 Å². The van der Waals surface area contributed by atoms with Crippen molar-refractivity contribution >= 4 is 26.4 Å². The van der Waals surface area contributed by atoms with Crippen LogP contribution in [0.25, 0.3) is 22.3 Å². The van der Waals surface area contributed by atoms with Gasteiger partial charge < -0.3 is 26.2 Å². The van der Waals surface area contributed by atoms with Crippen LogP contribution in [0.4, 0.5) is 17.3 Å². The summed E-state index contributed by atoms with van der Waals surface area (Å²) in [5, 5.41) is 0. The van der Waals surface area contributed by atoms with Crippen molar-refractivity contribution < 1.29 is 26.5 Å². The number of hydrogen-bond donors (Lipinski definition) is 0. The van der Waals surface area contributed by atoms with Crippen molar-refractivity contribution in [2.45, 2.75) is 27.7 Å². The molecule has 2 aromatic heterocycles. The maximum atomic E-state index is 16.2. The SMILES string of the molecule is Cc1c(-c2ccccc2)c(C)n2c1C=[N+]1[N+](=Cc3c(C)c(-c4ccccc4)c(C)n3[B-]1(F)F)[B-]2(F)F. The molecule has 2 aromatic carbocycles. The Kier molecular flexibility index (Phi) is 4.62. The zero-order valence-corrected chi connectivity index (χ0v) is 20.4. The van der Waals surface area contributed by atoms with Crippen LogP contribution in [0, 0.1) is 27.7 Å². The molecule has 0 unspecified atom stereocenters. The predicted octanol–water partition coefficient (Wildman–Crippen LogP) is 5.81. The molecule has 0 amide bonds. The molecule has 6 rings (SSSR count). The van der Waals surface area contributed by atoms with Gasteiger partial charge in [-0.15, -0.1) is 9.19 Å². The van der Waals surface area contributed by atoms with Gasteiger partial charge in [0, 0.05) is 11.1 Å². The number of hydrogen-bond acceptors (Lipinski definition) is 0. The Hall–Kier alpha value is -3.81. The van der Waals surface area contributed by atoms with E-state index in [-0.39, 0.29) is 11.4 Å². The van der Waals surface area contributed by atoms with Crippen LogP contribution < -0.4 is 0 Å². The second-order valence-electron chi connectivity index (χ2n) is 9.61. The van der Waals surface area contributed by atoms with Crippen molar-refractivity contribution in [2.24, 2.45) is 0 Å². The molecule has 0 spiro atoms. The van der Waals surface area contributed by atoms with E-state index in [1.54, 1.807) is 27.7 Å². The second kappa shape index (κ2) is 7.35. The summed E-state index contributed by atoms with van der Waals surface area (Å²) < 4.78 is 67.7. The van der Waals surface area contributed by atoms with Crippen molar-refractivity contribution in [1.29, 1.82) is 0 Å². The molecule has 0 fully saturated rings. The van der Waals surface area contributed by atoms with Crippen LogP contribution in [0.5, 0.6) is 0 Å². The van der Waals surface area contributed by atoms with Crippen molar-refractivity contribution in [3.63, 3.8) is 0 Å². The molecule has 4 heterocycles. The fourth-order valence-electron chi connectivity index (χ4n) is 6.06. The summed E-state index contributed by atoms with van der Waals surface area (Å²) in [6, 6.07) is 18.4. The first-order chi connectivity index (χ1) is 17.1. The predicted molar refractivity (Wildman–Crippen MR) is 136 cm³/mol. The number of hydrazine groups is 1. The van der Waals surface area contributed by atoms with Crippen LogP contribution in [0.15, 0.2) is 60.7 Å². The zero-order valence-electron chi connectivity index (χ0n) is 20.4. The molecule has 0 atom stereocenters. The summed E-state index contributed by atoms with van der Waals surface area (Å²) in [5.74, 6) is 0. The molecule has 2 aliphatic heterocycles. The van der Waals surface area contributed by atoms with Crippen molar-refractivity contribution in [2.75, 3.05) is 0 Å². The number of hydrazone groups is 2. The van der Waals surface area contributed by atoms with Crippen molar-refractivity contribution in [3.8, 4) is 22.3 Å². The first-order valence-electron chi connectivity index (χ1n) is 11.9. The van der Waals surface area contributed by atoms with Gasteiger partial charge in [-0.2, -0.15) is 0 Å². The summed E-state index contributed by atoms with van der Waals surface area (Å²) in [6.45, 7) is -2.52. The molecular weight excluding hydrogens is 466 g/mol. The molecule has 0 radical (unpaired) electrons. The molecule has 0 saturated carbocycles. The largest absolute Gasteiger partial charge is 0.789 e. The van der Waals surface area contributed by atoms with E-state index in [2.05, 4.69) is 0 Å². The highest BCUT2D eigenvalue weighted by Gasteiger charge is 2.65. The molecule has 2 aliphatic rings. The molecule has 0 saturated heterocycles. The van der Waals surface area contributed by atoms with Gasteiger partial charge in [0.2, 0.25) is 0 Å². The molecule has 4 nitrogen and oxygen atoms in total. The minimum atomic E-state index is -4.59. The zero-order chi connectivity index (χ0) is 25.6. The lowest BCUT2D eigenvalue weighted by Gasteiger charge is -2.35. The Morgan fingerprint density at radius 1 is 0.556 bits per heavy atom. The fourth-order valence-corrected chi connectivity index (χ4v) is 6.06. The molecular formula is C26H24B2F4N4. The first kappa shape index (κ1) is 22.6. The summed E-state index contributed by atoms with van der Waals surface area (Å²) >= 11 is 0. The lowest BCUT2D eigenvalue weighted by molar-refractivity contribution is -1.01. The number of aromatic nitrogens is 2. The standard InChI is InChI=1S/C26H24B2F4N4/c1-17-23-15-33-28(31,32)36-20(4)26(22-13-9-6-10-14-22)18(2)24(36)16-34(33)27(29,30)35(23)19(3)25(17)21-11-7-5-8-12-21/h5-16H,1-4H3. The van der Waals surface area contributed by atoms with E-state index in [9.17, 15) is 0 Å². The normalized spacial score (nSPS) is 17.1. The maximum Gasteiger partial charge on any atom is 0.789 e. The number of halogens is 4. The van der Waals surface area contributed by atoms with Crippen molar-refractivity contribution in [3.05, 3.63) is 94.6 Å². The molecule has 0 aliphatic carbocycles. The third-order valence-electron chi connectivity index (χ3n) is 7.64. The van der Waals surface area contributed by atoms with E-state index >= 15 is 17.3 Å². The quantitative estimate of drug-likeness (QED) is 0.249. The Morgan fingerprint density at radius 3 is 1.22 bits per heavy atom. The maximum absolute atomic E-state index is 16.2. The van der Waals surface area contributed by atoms with Crippen LogP contribution >= 0.6 is 0 Å². The van der Waals surface area contributed by atoms with E-state index in [1.165, 1.54) is 12.4 Å². The summed E-state index contributed by atoms with van der Waals surface area (Å²) in [7, 11) is 0. The molecule has 0 bridgehead atoms. The third-order valence-corrected chi connectivity index (χ3v) is 7.64. The van der Waals surface area contributed by atoms with Gasteiger partial charge in [0.25, 0.3) is 0 Å². The summed E-state index contributed by atoms with van der Waals surface area (Å²) in [4.78, 5) is 0. The van der Waals surface area contributed by atoms with Crippen LogP contribution in [-0.4, -0.2) is 44.5 Å². The number of fused-ring (bicyclic) bond motifs is 3. The summed E-state index contributed by atoms with van der Waals surface area (Å²) in [5.41, 5.74) is 4.78. The number of rotatable bonds is 2. The van der Waals surface area contributed by atoms with Crippen molar-refractivity contribution in [1.82, 2.24) is 8.96 Å². The average Bonchev–Trinajstić information content (AvgIpc) is 3.25. The van der Waals surface area contributed by atoms with E-state index in [0.717, 1.165) is 20.1 Å². The van der Waals surface area contributed by atoms with Crippen LogP contribution in [0.3, 0.4) is 0 Å². The molecule has 4 aromatic rings. The van der Waals surface area contributed by atoms with Crippen LogP contribution in [-0.2, 0) is 0 Å². The van der Waals surface area contributed by atoms with Crippen LogP contribution in [0.2, 0.25) is 0 Å². The third kappa shape index (κ3) is 2.78. The highest BCUT2D eigenvalue weighted by molar-refractivity contribution is 6.61. The van der Waals surface area contributed by atoms with Gasteiger partial charge in [-0.25, -0.2) is 0 Å². The highest BCUT2D eigenvalue weighted by atomic mass is 19.3. The molecule has 0 N–H and O–H groups in total. The van der Waals surface area contributed by atoms with Gasteiger partial charge in [-0.05, 0) is 61.3 Å². The monoisotopic (exact) mass is 490 g/mol. The van der Waals surface area contributed by atoms with Gasteiger partial charge in [0.05, 0.1) is 11.4 Å². The Labute approximate surface area is 206 Å². The first-order valence-corrected chi connectivity index (χ1v) is 11.9. The molecule has 182 valence electrons. The van der Waals surface area contributed by atoms with E-state index in [4.69, 9.17) is 0 Å². The van der Waals surface area contributed by atoms with Gasteiger partial charge in [0.15, 0.2) is 12.4 Å².